The minimum absolute atomic E-state index is 0.0643. The van der Waals surface area contributed by atoms with E-state index in [2.05, 4.69) is 5.32 Å². The van der Waals surface area contributed by atoms with Gasteiger partial charge in [0.2, 0.25) is 21.8 Å². The number of para-hydroxylation sites is 2. The second-order valence-electron chi connectivity index (χ2n) is 8.55. The minimum Gasteiger partial charge on any atom is -0.497 e. The van der Waals surface area contributed by atoms with Crippen LogP contribution < -0.4 is 19.1 Å². The molecular weight excluding hydrogens is 482 g/mol. The molecule has 2 aromatic rings. The lowest BCUT2D eigenvalue weighted by Crippen LogP contribution is -2.53. The first-order valence-corrected chi connectivity index (χ1v) is 13.7. The number of ether oxygens (including phenoxy) is 2. The molecule has 10 heteroatoms. The number of sulfonamides is 1. The SMILES string of the molecule is CC[C@H](C)NC(=O)[C@H](CC)N(Cc1ccc(OC)cc1)C(=O)CN(c1ccccc1OC)S(C)(=O)=O. The fraction of sp³-hybridized carbons (Fsp3) is 0.462. The number of hydrogen-bond acceptors (Lipinski definition) is 6. The summed E-state index contributed by atoms with van der Waals surface area (Å²) in [5.41, 5.74) is 1.03. The van der Waals surface area contributed by atoms with Crippen LogP contribution in [0.1, 0.15) is 39.2 Å². The number of rotatable bonds is 13. The molecule has 0 aliphatic heterocycles. The molecule has 36 heavy (non-hydrogen) atoms. The lowest BCUT2D eigenvalue weighted by molar-refractivity contribution is -0.140. The van der Waals surface area contributed by atoms with Crippen molar-refractivity contribution in [2.24, 2.45) is 0 Å². The van der Waals surface area contributed by atoms with E-state index >= 15 is 0 Å². The minimum atomic E-state index is -3.85. The summed E-state index contributed by atoms with van der Waals surface area (Å²) < 4.78 is 37.1. The highest BCUT2D eigenvalue weighted by molar-refractivity contribution is 7.92. The molecule has 0 saturated heterocycles. The molecule has 0 fully saturated rings. The second-order valence-corrected chi connectivity index (χ2v) is 10.5. The molecule has 0 aliphatic carbocycles. The molecule has 2 amide bonds. The van der Waals surface area contributed by atoms with Gasteiger partial charge < -0.3 is 19.7 Å². The zero-order valence-corrected chi connectivity index (χ0v) is 22.7. The van der Waals surface area contributed by atoms with E-state index in [1.165, 1.54) is 12.0 Å². The average molecular weight is 520 g/mol. The zero-order valence-electron chi connectivity index (χ0n) is 21.9. The summed E-state index contributed by atoms with van der Waals surface area (Å²) in [6, 6.07) is 12.9. The molecule has 0 saturated carbocycles. The van der Waals surface area contributed by atoms with Crippen LogP contribution in [0.15, 0.2) is 48.5 Å². The normalized spacial score (nSPS) is 12.8. The van der Waals surface area contributed by atoms with Gasteiger partial charge in [0.25, 0.3) is 0 Å². The number of methoxy groups -OCH3 is 2. The van der Waals surface area contributed by atoms with Crippen LogP contribution in [-0.2, 0) is 26.2 Å². The Morgan fingerprint density at radius 1 is 0.972 bits per heavy atom. The van der Waals surface area contributed by atoms with Crippen LogP contribution in [0.2, 0.25) is 0 Å². The first-order chi connectivity index (χ1) is 17.0. The number of carbonyl (C=O) groups excluding carboxylic acids is 2. The average Bonchev–Trinajstić information content (AvgIpc) is 2.86. The Bertz CT molecular complexity index is 1120. The number of amides is 2. The summed E-state index contributed by atoms with van der Waals surface area (Å²) in [6.45, 7) is 5.32. The highest BCUT2D eigenvalue weighted by Gasteiger charge is 2.32. The molecule has 198 valence electrons. The van der Waals surface area contributed by atoms with Gasteiger partial charge in [0.05, 0.1) is 26.2 Å². The predicted molar refractivity (Wildman–Crippen MR) is 141 cm³/mol. The summed E-state index contributed by atoms with van der Waals surface area (Å²) in [5, 5.41) is 2.95. The van der Waals surface area contributed by atoms with Crippen LogP contribution in [0.4, 0.5) is 5.69 Å². The summed E-state index contributed by atoms with van der Waals surface area (Å²) >= 11 is 0. The van der Waals surface area contributed by atoms with Crippen LogP contribution in [0.5, 0.6) is 11.5 Å². The van der Waals surface area contributed by atoms with Crippen LogP contribution in [0.3, 0.4) is 0 Å². The van der Waals surface area contributed by atoms with Gasteiger partial charge in [-0.05, 0) is 49.6 Å². The van der Waals surface area contributed by atoms with Crippen molar-refractivity contribution < 1.29 is 27.5 Å². The van der Waals surface area contributed by atoms with E-state index in [0.29, 0.717) is 17.9 Å². The molecule has 0 bridgehead atoms. The third kappa shape index (κ3) is 7.61. The number of nitrogens with one attached hydrogen (secondary N) is 1. The molecular formula is C26H37N3O6S. The maximum atomic E-state index is 13.7. The van der Waals surface area contributed by atoms with Gasteiger partial charge >= 0.3 is 0 Å². The van der Waals surface area contributed by atoms with Crippen molar-refractivity contribution in [2.75, 3.05) is 31.3 Å². The lowest BCUT2D eigenvalue weighted by atomic mass is 10.1. The van der Waals surface area contributed by atoms with E-state index < -0.39 is 28.5 Å². The third-order valence-electron chi connectivity index (χ3n) is 5.93. The Morgan fingerprint density at radius 2 is 1.61 bits per heavy atom. The first-order valence-electron chi connectivity index (χ1n) is 11.9. The number of anilines is 1. The lowest BCUT2D eigenvalue weighted by Gasteiger charge is -2.33. The second kappa shape index (κ2) is 13.2. The zero-order chi connectivity index (χ0) is 26.9. The van der Waals surface area contributed by atoms with Crippen LogP contribution in [-0.4, -0.2) is 64.2 Å². The van der Waals surface area contributed by atoms with Crippen molar-refractivity contribution in [1.82, 2.24) is 10.2 Å². The molecule has 2 rings (SSSR count). The number of nitrogens with zero attached hydrogens (tertiary/aromatic N) is 2. The van der Waals surface area contributed by atoms with Crippen molar-refractivity contribution in [3.63, 3.8) is 0 Å². The summed E-state index contributed by atoms with van der Waals surface area (Å²) in [5.74, 6) is 0.196. The van der Waals surface area contributed by atoms with Gasteiger partial charge in [0.15, 0.2) is 0 Å². The molecule has 9 nitrogen and oxygen atoms in total. The third-order valence-corrected chi connectivity index (χ3v) is 7.06. The Kier molecular flexibility index (Phi) is 10.6. The van der Waals surface area contributed by atoms with Crippen molar-refractivity contribution in [3.05, 3.63) is 54.1 Å². The largest absolute Gasteiger partial charge is 0.497 e. The van der Waals surface area contributed by atoms with Crippen molar-refractivity contribution in [2.45, 2.75) is 52.2 Å². The molecule has 0 unspecified atom stereocenters. The summed E-state index contributed by atoms with van der Waals surface area (Å²) in [4.78, 5) is 28.3. The van der Waals surface area contributed by atoms with Crippen LogP contribution >= 0.6 is 0 Å². The van der Waals surface area contributed by atoms with E-state index in [1.807, 2.05) is 32.9 Å². The van der Waals surface area contributed by atoms with Gasteiger partial charge in [-0.2, -0.15) is 0 Å². The van der Waals surface area contributed by atoms with Crippen molar-refractivity contribution in [1.29, 1.82) is 0 Å². The summed E-state index contributed by atoms with van der Waals surface area (Å²) in [6.07, 6.45) is 2.13. The van der Waals surface area contributed by atoms with E-state index in [0.717, 1.165) is 22.5 Å². The Balaban J connectivity index is 2.47. The standard InChI is InChI=1S/C26H37N3O6S/c1-7-19(3)27-26(31)22(8-2)28(17-20-13-15-21(34-4)16-14-20)25(30)18-29(36(6,32)33)23-11-9-10-12-24(23)35-5/h9-16,19,22H,7-8,17-18H2,1-6H3,(H,27,31)/t19-,22-/m0/s1. The van der Waals surface area contributed by atoms with E-state index in [1.54, 1.807) is 43.5 Å². The van der Waals surface area contributed by atoms with Crippen molar-refractivity contribution in [3.8, 4) is 11.5 Å². The Labute approximate surface area is 214 Å². The van der Waals surface area contributed by atoms with Gasteiger partial charge in [0, 0.05) is 12.6 Å². The van der Waals surface area contributed by atoms with E-state index in [-0.39, 0.29) is 24.2 Å². The predicted octanol–water partition coefficient (Wildman–Crippen LogP) is 3.19. The van der Waals surface area contributed by atoms with Gasteiger partial charge in [-0.3, -0.25) is 13.9 Å². The topological polar surface area (TPSA) is 105 Å². The molecule has 0 aromatic heterocycles. The van der Waals surface area contributed by atoms with E-state index in [4.69, 9.17) is 9.47 Å². The van der Waals surface area contributed by atoms with Gasteiger partial charge in [-0.1, -0.05) is 38.1 Å². The highest BCUT2D eigenvalue weighted by Crippen LogP contribution is 2.30. The summed E-state index contributed by atoms with van der Waals surface area (Å²) in [7, 11) is -0.850. The molecule has 1 N–H and O–H groups in total. The van der Waals surface area contributed by atoms with Gasteiger partial charge in [0.1, 0.15) is 24.1 Å². The maximum absolute atomic E-state index is 13.7. The fourth-order valence-corrected chi connectivity index (χ4v) is 4.57. The smallest absolute Gasteiger partial charge is 0.244 e. The number of hydrogen-bond donors (Lipinski definition) is 1. The van der Waals surface area contributed by atoms with Crippen molar-refractivity contribution >= 4 is 27.5 Å². The molecule has 0 spiro atoms. The number of benzene rings is 2. The fourth-order valence-electron chi connectivity index (χ4n) is 3.72. The quantitative estimate of drug-likeness (QED) is 0.436. The Morgan fingerprint density at radius 3 is 2.14 bits per heavy atom. The highest BCUT2D eigenvalue weighted by atomic mass is 32.2. The molecule has 2 aromatic carbocycles. The molecule has 2 atom stereocenters. The van der Waals surface area contributed by atoms with Gasteiger partial charge in [-0.25, -0.2) is 8.42 Å². The molecule has 0 aliphatic rings. The first kappa shape index (κ1) is 29.0. The van der Waals surface area contributed by atoms with Crippen LogP contribution in [0.25, 0.3) is 0 Å². The molecule has 0 heterocycles. The Hall–Kier alpha value is -3.27. The van der Waals surface area contributed by atoms with E-state index in [9.17, 15) is 18.0 Å². The number of carbonyl (C=O) groups is 2. The monoisotopic (exact) mass is 519 g/mol. The maximum Gasteiger partial charge on any atom is 0.244 e. The van der Waals surface area contributed by atoms with Gasteiger partial charge in [-0.15, -0.1) is 0 Å². The van der Waals surface area contributed by atoms with Crippen LogP contribution in [0, 0.1) is 0 Å². The molecule has 0 radical (unpaired) electrons.